The molecular weight excluding hydrogens is 396 g/mol. The Hall–Kier alpha value is -3.06. The van der Waals surface area contributed by atoms with Crippen LogP contribution >= 0.6 is 11.8 Å². The van der Waals surface area contributed by atoms with Crippen LogP contribution in [-0.2, 0) is 4.79 Å². The molecule has 4 aromatic rings. The van der Waals surface area contributed by atoms with Gasteiger partial charge in [-0.1, -0.05) is 29.5 Å². The van der Waals surface area contributed by atoms with E-state index in [2.05, 4.69) is 28.5 Å². The Balaban J connectivity index is 1.66. The monoisotopic (exact) mass is 420 g/mol. The molecule has 0 bridgehead atoms. The van der Waals surface area contributed by atoms with Crippen molar-refractivity contribution in [1.82, 2.24) is 14.6 Å². The summed E-state index contributed by atoms with van der Waals surface area (Å²) < 4.78 is 7.39. The number of anilines is 1. The molecular formula is C23H24N4O2S. The molecule has 0 radical (unpaired) electrons. The molecule has 0 saturated carbocycles. The maximum atomic E-state index is 12.8. The summed E-state index contributed by atoms with van der Waals surface area (Å²) in [6, 6.07) is 14.0. The molecule has 0 aliphatic heterocycles. The number of benzene rings is 2. The molecule has 2 aromatic carbocycles. The fourth-order valence-corrected chi connectivity index (χ4v) is 4.37. The predicted octanol–water partition coefficient (Wildman–Crippen LogP) is 4.94. The summed E-state index contributed by atoms with van der Waals surface area (Å²) in [4.78, 5) is 12.8. The Morgan fingerprint density at radius 1 is 1.07 bits per heavy atom. The fourth-order valence-electron chi connectivity index (χ4n) is 3.51. The fraction of sp³-hybridized carbons (Fsp3) is 0.261. The first-order chi connectivity index (χ1) is 14.4. The molecule has 30 heavy (non-hydrogen) atoms. The number of methoxy groups -OCH3 is 1. The van der Waals surface area contributed by atoms with Gasteiger partial charge in [-0.25, -0.2) is 0 Å². The van der Waals surface area contributed by atoms with E-state index >= 15 is 0 Å². The summed E-state index contributed by atoms with van der Waals surface area (Å²) in [6.07, 6.45) is 0. The van der Waals surface area contributed by atoms with Crippen LogP contribution in [0.15, 0.2) is 47.6 Å². The van der Waals surface area contributed by atoms with Gasteiger partial charge in [0.25, 0.3) is 0 Å². The number of fused-ring (bicyclic) bond motifs is 3. The highest BCUT2D eigenvalue weighted by Gasteiger charge is 2.20. The summed E-state index contributed by atoms with van der Waals surface area (Å²) in [7, 11) is 1.65. The maximum Gasteiger partial charge on any atom is 0.237 e. The Morgan fingerprint density at radius 3 is 2.60 bits per heavy atom. The number of aryl methyl sites for hydroxylation is 3. The van der Waals surface area contributed by atoms with Gasteiger partial charge in [0, 0.05) is 17.1 Å². The molecule has 4 rings (SSSR count). The number of hydrogen-bond donors (Lipinski definition) is 1. The van der Waals surface area contributed by atoms with Gasteiger partial charge in [0.15, 0.2) is 10.8 Å². The number of amides is 1. The lowest BCUT2D eigenvalue weighted by Crippen LogP contribution is -2.23. The Kier molecular flexibility index (Phi) is 5.39. The molecule has 0 aliphatic carbocycles. The van der Waals surface area contributed by atoms with E-state index in [9.17, 15) is 4.79 Å². The summed E-state index contributed by atoms with van der Waals surface area (Å²) in [6.45, 7) is 7.96. The summed E-state index contributed by atoms with van der Waals surface area (Å²) >= 11 is 1.39. The minimum Gasteiger partial charge on any atom is -0.497 e. The number of carbonyl (C=O) groups is 1. The van der Waals surface area contributed by atoms with Gasteiger partial charge in [0.05, 0.1) is 17.9 Å². The first-order valence-electron chi connectivity index (χ1n) is 9.74. The van der Waals surface area contributed by atoms with Crippen LogP contribution in [0.25, 0.3) is 16.6 Å². The van der Waals surface area contributed by atoms with Gasteiger partial charge < -0.3 is 10.1 Å². The maximum absolute atomic E-state index is 12.8. The SMILES string of the molecule is COc1ccc2c(C)cc3nnc(SC(C)C(=O)Nc4ccc(C)cc4C)n3c2c1. The normalized spacial score (nSPS) is 12.3. The molecule has 1 amide bonds. The van der Waals surface area contributed by atoms with Gasteiger partial charge in [0.2, 0.25) is 5.91 Å². The highest BCUT2D eigenvalue weighted by atomic mass is 32.2. The number of ether oxygens (including phenoxy) is 1. The van der Waals surface area contributed by atoms with Crippen molar-refractivity contribution in [2.75, 3.05) is 12.4 Å². The van der Waals surface area contributed by atoms with Crippen molar-refractivity contribution in [1.29, 1.82) is 0 Å². The molecule has 1 N–H and O–H groups in total. The lowest BCUT2D eigenvalue weighted by atomic mass is 10.1. The summed E-state index contributed by atoms with van der Waals surface area (Å²) in [5.74, 6) is 0.692. The minimum absolute atomic E-state index is 0.0716. The molecule has 0 fully saturated rings. The first kappa shape index (κ1) is 20.2. The van der Waals surface area contributed by atoms with Crippen molar-refractivity contribution >= 4 is 39.9 Å². The Morgan fingerprint density at radius 2 is 1.87 bits per heavy atom. The third-order valence-electron chi connectivity index (χ3n) is 5.17. The number of nitrogens with one attached hydrogen (secondary N) is 1. The number of rotatable bonds is 5. The van der Waals surface area contributed by atoms with Crippen LogP contribution in [-0.4, -0.2) is 32.9 Å². The molecule has 7 heteroatoms. The molecule has 0 spiro atoms. The van der Waals surface area contributed by atoms with Crippen LogP contribution in [0.2, 0.25) is 0 Å². The molecule has 1 atom stereocenters. The topological polar surface area (TPSA) is 68.5 Å². The van der Waals surface area contributed by atoms with Gasteiger partial charge >= 0.3 is 0 Å². The first-order valence-corrected chi connectivity index (χ1v) is 10.6. The van der Waals surface area contributed by atoms with Crippen molar-refractivity contribution in [2.24, 2.45) is 0 Å². The van der Waals surface area contributed by atoms with E-state index in [1.165, 1.54) is 17.3 Å². The Labute approximate surface area is 179 Å². The van der Waals surface area contributed by atoms with Crippen LogP contribution < -0.4 is 10.1 Å². The van der Waals surface area contributed by atoms with E-state index in [4.69, 9.17) is 4.74 Å². The minimum atomic E-state index is -0.347. The van der Waals surface area contributed by atoms with Crippen molar-refractivity contribution in [3.8, 4) is 5.75 Å². The molecule has 1 unspecified atom stereocenters. The number of pyridine rings is 1. The largest absolute Gasteiger partial charge is 0.497 e. The lowest BCUT2D eigenvalue weighted by Gasteiger charge is -2.14. The predicted molar refractivity (Wildman–Crippen MR) is 122 cm³/mol. The zero-order valence-corrected chi connectivity index (χ0v) is 18.5. The molecule has 6 nitrogen and oxygen atoms in total. The van der Waals surface area contributed by atoms with E-state index in [-0.39, 0.29) is 11.2 Å². The smallest absolute Gasteiger partial charge is 0.237 e. The van der Waals surface area contributed by atoms with E-state index in [1.54, 1.807) is 7.11 Å². The Bertz CT molecular complexity index is 1270. The molecule has 2 aromatic heterocycles. The molecule has 2 heterocycles. The van der Waals surface area contributed by atoms with Crippen LogP contribution in [0.4, 0.5) is 5.69 Å². The number of aromatic nitrogens is 3. The van der Waals surface area contributed by atoms with Crippen molar-refractivity contribution < 1.29 is 9.53 Å². The zero-order chi connectivity index (χ0) is 21.4. The van der Waals surface area contributed by atoms with Gasteiger partial charge in [-0.15, -0.1) is 10.2 Å². The number of thioether (sulfide) groups is 1. The van der Waals surface area contributed by atoms with E-state index in [1.807, 2.05) is 61.6 Å². The van der Waals surface area contributed by atoms with Gasteiger partial charge in [-0.05, 0) is 63.1 Å². The highest BCUT2D eigenvalue weighted by molar-refractivity contribution is 8.00. The van der Waals surface area contributed by atoms with Gasteiger partial charge in [-0.2, -0.15) is 0 Å². The van der Waals surface area contributed by atoms with E-state index < -0.39 is 0 Å². The second kappa shape index (κ2) is 7.99. The van der Waals surface area contributed by atoms with Crippen molar-refractivity contribution in [2.45, 2.75) is 38.1 Å². The zero-order valence-electron chi connectivity index (χ0n) is 17.7. The number of nitrogens with zero attached hydrogens (tertiary/aromatic N) is 3. The third-order valence-corrected chi connectivity index (χ3v) is 6.21. The van der Waals surface area contributed by atoms with E-state index in [0.29, 0.717) is 5.16 Å². The van der Waals surface area contributed by atoms with Gasteiger partial charge in [-0.3, -0.25) is 9.20 Å². The molecule has 154 valence electrons. The second-order valence-electron chi connectivity index (χ2n) is 7.45. The van der Waals surface area contributed by atoms with Crippen LogP contribution in [0.1, 0.15) is 23.6 Å². The van der Waals surface area contributed by atoms with E-state index in [0.717, 1.165) is 39.1 Å². The average Bonchev–Trinajstić information content (AvgIpc) is 3.12. The highest BCUT2D eigenvalue weighted by Crippen LogP contribution is 2.30. The molecule has 0 saturated heterocycles. The molecule has 0 aliphatic rings. The van der Waals surface area contributed by atoms with Crippen molar-refractivity contribution in [3.05, 3.63) is 59.2 Å². The van der Waals surface area contributed by atoms with Gasteiger partial charge in [0.1, 0.15) is 5.75 Å². The number of hydrogen-bond acceptors (Lipinski definition) is 5. The van der Waals surface area contributed by atoms with Crippen LogP contribution in [0, 0.1) is 20.8 Å². The number of carbonyl (C=O) groups excluding carboxylic acids is 1. The van der Waals surface area contributed by atoms with Crippen LogP contribution in [0.5, 0.6) is 5.75 Å². The average molecular weight is 421 g/mol. The standard InChI is InChI=1S/C23H24N4O2S/c1-13-6-9-19(15(3)10-13)24-22(28)16(4)30-23-26-25-21-11-14(2)18-8-7-17(29-5)12-20(18)27(21)23/h6-12,16H,1-5H3,(H,24,28). The third kappa shape index (κ3) is 3.73. The lowest BCUT2D eigenvalue weighted by molar-refractivity contribution is -0.115. The second-order valence-corrected chi connectivity index (χ2v) is 8.76. The quantitative estimate of drug-likeness (QED) is 0.463. The summed E-state index contributed by atoms with van der Waals surface area (Å²) in [5.41, 5.74) is 5.86. The van der Waals surface area contributed by atoms with Crippen LogP contribution in [0.3, 0.4) is 0 Å². The van der Waals surface area contributed by atoms with Crippen molar-refractivity contribution in [3.63, 3.8) is 0 Å². The summed E-state index contributed by atoms with van der Waals surface area (Å²) in [5, 5.41) is 13.1.